The normalized spacial score (nSPS) is 26.1. The molecule has 0 bridgehead atoms. The molecule has 4 heteroatoms. The topological polar surface area (TPSA) is 44.8 Å². The molecule has 1 aromatic rings. The molecule has 20 heavy (non-hydrogen) atoms. The van der Waals surface area contributed by atoms with Crippen molar-refractivity contribution >= 4 is 12.0 Å². The van der Waals surface area contributed by atoms with E-state index in [0.717, 1.165) is 30.8 Å². The van der Waals surface area contributed by atoms with Crippen LogP contribution in [0.15, 0.2) is 42.2 Å². The van der Waals surface area contributed by atoms with Gasteiger partial charge < -0.3 is 14.2 Å². The van der Waals surface area contributed by atoms with Crippen LogP contribution in [0.4, 0.5) is 0 Å². The fourth-order valence-corrected chi connectivity index (χ4v) is 2.40. The highest BCUT2D eigenvalue weighted by Gasteiger charge is 2.38. The van der Waals surface area contributed by atoms with E-state index in [0.29, 0.717) is 5.56 Å². The largest absolute Gasteiger partial charge is 0.465 e. The molecule has 0 aliphatic carbocycles. The zero-order valence-corrected chi connectivity index (χ0v) is 11.3. The molecule has 0 saturated carbocycles. The van der Waals surface area contributed by atoms with Gasteiger partial charge in [0.15, 0.2) is 0 Å². The predicted octanol–water partition coefficient (Wildman–Crippen LogP) is 2.91. The van der Waals surface area contributed by atoms with E-state index in [-0.39, 0.29) is 5.97 Å². The van der Waals surface area contributed by atoms with Crippen LogP contribution in [-0.4, -0.2) is 25.5 Å². The number of carbonyl (C=O) groups is 1. The Morgan fingerprint density at radius 2 is 2.15 bits per heavy atom. The van der Waals surface area contributed by atoms with Crippen molar-refractivity contribution in [1.82, 2.24) is 0 Å². The number of benzene rings is 1. The second kappa shape index (κ2) is 5.13. The van der Waals surface area contributed by atoms with Gasteiger partial charge in [-0.25, -0.2) is 4.79 Å². The average Bonchev–Trinajstić information content (AvgIpc) is 3.09. The summed E-state index contributed by atoms with van der Waals surface area (Å²) in [5, 5.41) is 0. The maximum atomic E-state index is 11.3. The Labute approximate surface area is 117 Å². The molecule has 104 valence electrons. The smallest absolute Gasteiger partial charge is 0.337 e. The number of rotatable bonds is 2. The van der Waals surface area contributed by atoms with Gasteiger partial charge in [0.25, 0.3) is 0 Å². The summed E-state index contributed by atoms with van der Waals surface area (Å²) in [5.74, 6) is -0.102. The molecule has 1 aromatic carbocycles. The Morgan fingerprint density at radius 3 is 2.80 bits per heavy atom. The average molecular weight is 272 g/mol. The Kier molecular flexibility index (Phi) is 3.32. The van der Waals surface area contributed by atoms with E-state index >= 15 is 0 Å². The molecular formula is C16H16O4. The molecule has 2 aliphatic heterocycles. The SMILES string of the molecule is COC(=O)c1ccc(/C=C2/C=CC3(CCCO3)O2)cc1. The first-order chi connectivity index (χ1) is 9.71. The van der Waals surface area contributed by atoms with Gasteiger partial charge in [-0.05, 0) is 42.3 Å². The van der Waals surface area contributed by atoms with E-state index in [9.17, 15) is 4.79 Å². The molecular weight excluding hydrogens is 256 g/mol. The van der Waals surface area contributed by atoms with Gasteiger partial charge in [0.2, 0.25) is 5.79 Å². The number of hydrogen-bond donors (Lipinski definition) is 0. The van der Waals surface area contributed by atoms with E-state index in [2.05, 4.69) is 4.74 Å². The van der Waals surface area contributed by atoms with Crippen molar-refractivity contribution in [3.05, 3.63) is 53.3 Å². The summed E-state index contributed by atoms with van der Waals surface area (Å²) >= 11 is 0. The molecule has 3 rings (SSSR count). The van der Waals surface area contributed by atoms with E-state index in [4.69, 9.17) is 9.47 Å². The summed E-state index contributed by atoms with van der Waals surface area (Å²) < 4.78 is 16.1. The fourth-order valence-electron chi connectivity index (χ4n) is 2.40. The third-order valence-corrected chi connectivity index (χ3v) is 3.45. The second-order valence-corrected chi connectivity index (χ2v) is 4.86. The summed E-state index contributed by atoms with van der Waals surface area (Å²) in [6.45, 7) is 0.742. The van der Waals surface area contributed by atoms with E-state index < -0.39 is 5.79 Å². The highest BCUT2D eigenvalue weighted by molar-refractivity contribution is 5.89. The van der Waals surface area contributed by atoms with Gasteiger partial charge >= 0.3 is 5.97 Å². The highest BCUT2D eigenvalue weighted by Crippen LogP contribution is 2.36. The minimum Gasteiger partial charge on any atom is -0.465 e. The lowest BCUT2D eigenvalue weighted by molar-refractivity contribution is -0.135. The van der Waals surface area contributed by atoms with Crippen molar-refractivity contribution in [2.24, 2.45) is 0 Å². The van der Waals surface area contributed by atoms with Crippen LogP contribution < -0.4 is 0 Å². The predicted molar refractivity (Wildman–Crippen MR) is 73.9 cm³/mol. The van der Waals surface area contributed by atoms with Crippen molar-refractivity contribution in [3.63, 3.8) is 0 Å². The van der Waals surface area contributed by atoms with Crippen LogP contribution >= 0.6 is 0 Å². The van der Waals surface area contributed by atoms with E-state index in [1.807, 2.05) is 30.4 Å². The number of hydrogen-bond acceptors (Lipinski definition) is 4. The van der Waals surface area contributed by atoms with Crippen molar-refractivity contribution in [1.29, 1.82) is 0 Å². The fraction of sp³-hybridized carbons (Fsp3) is 0.312. The number of methoxy groups -OCH3 is 1. The Bertz CT molecular complexity index is 563. The van der Waals surface area contributed by atoms with Crippen molar-refractivity contribution in [2.75, 3.05) is 13.7 Å². The van der Waals surface area contributed by atoms with Crippen molar-refractivity contribution in [2.45, 2.75) is 18.6 Å². The van der Waals surface area contributed by atoms with Gasteiger partial charge in [-0.2, -0.15) is 0 Å². The highest BCUT2D eigenvalue weighted by atomic mass is 16.7. The number of ether oxygens (including phenoxy) is 3. The van der Waals surface area contributed by atoms with Crippen molar-refractivity contribution in [3.8, 4) is 0 Å². The summed E-state index contributed by atoms with van der Waals surface area (Å²) in [6, 6.07) is 7.19. The van der Waals surface area contributed by atoms with Crippen LogP contribution in [0.1, 0.15) is 28.8 Å². The minimum atomic E-state index is -0.544. The van der Waals surface area contributed by atoms with Crippen LogP contribution in [0.2, 0.25) is 0 Å². The lowest BCUT2D eigenvalue weighted by Crippen LogP contribution is -2.24. The first-order valence-corrected chi connectivity index (χ1v) is 6.63. The van der Waals surface area contributed by atoms with Crippen LogP contribution in [0.5, 0.6) is 0 Å². The number of carbonyl (C=O) groups excluding carboxylic acids is 1. The second-order valence-electron chi connectivity index (χ2n) is 4.86. The zero-order valence-electron chi connectivity index (χ0n) is 11.3. The molecule has 1 saturated heterocycles. The molecule has 1 unspecified atom stereocenters. The van der Waals surface area contributed by atoms with Gasteiger partial charge in [-0.1, -0.05) is 12.1 Å². The van der Waals surface area contributed by atoms with Gasteiger partial charge in [0.1, 0.15) is 5.76 Å². The zero-order chi connectivity index (χ0) is 14.0. The summed E-state index contributed by atoms with van der Waals surface area (Å²) in [5.41, 5.74) is 1.50. The minimum absolute atomic E-state index is 0.334. The number of allylic oxidation sites excluding steroid dienone is 1. The lowest BCUT2D eigenvalue weighted by atomic mass is 10.1. The third kappa shape index (κ3) is 2.47. The van der Waals surface area contributed by atoms with Crippen LogP contribution in [0.25, 0.3) is 6.08 Å². The molecule has 4 nitrogen and oxygen atoms in total. The monoisotopic (exact) mass is 272 g/mol. The lowest BCUT2D eigenvalue weighted by Gasteiger charge is -2.20. The molecule has 2 heterocycles. The van der Waals surface area contributed by atoms with E-state index in [1.54, 1.807) is 12.1 Å². The Balaban J connectivity index is 1.73. The first kappa shape index (κ1) is 12.9. The Hall–Kier alpha value is -2.07. The molecule has 0 aromatic heterocycles. The van der Waals surface area contributed by atoms with E-state index in [1.165, 1.54) is 7.11 Å². The van der Waals surface area contributed by atoms with Gasteiger partial charge in [0, 0.05) is 6.42 Å². The molecule has 1 fully saturated rings. The van der Waals surface area contributed by atoms with Crippen molar-refractivity contribution < 1.29 is 19.0 Å². The molecule has 0 amide bonds. The molecule has 1 atom stereocenters. The Morgan fingerprint density at radius 1 is 1.35 bits per heavy atom. The van der Waals surface area contributed by atoms with Gasteiger partial charge in [-0.15, -0.1) is 0 Å². The molecule has 2 aliphatic rings. The summed E-state index contributed by atoms with van der Waals surface area (Å²) in [6.07, 6.45) is 7.73. The first-order valence-electron chi connectivity index (χ1n) is 6.63. The van der Waals surface area contributed by atoms with Crippen LogP contribution in [0, 0.1) is 0 Å². The molecule has 0 N–H and O–H groups in total. The number of esters is 1. The maximum Gasteiger partial charge on any atom is 0.337 e. The quantitative estimate of drug-likeness (QED) is 0.776. The standard InChI is InChI=1S/C16H16O4/c1-18-15(17)13-5-3-12(4-6-13)11-14-7-9-16(20-14)8-2-10-19-16/h3-7,9,11H,2,8,10H2,1H3/b14-11-. The molecule has 1 spiro atoms. The maximum absolute atomic E-state index is 11.3. The third-order valence-electron chi connectivity index (χ3n) is 3.45. The van der Waals surface area contributed by atoms with Crippen LogP contribution in [-0.2, 0) is 14.2 Å². The van der Waals surface area contributed by atoms with Gasteiger partial charge in [-0.3, -0.25) is 0 Å². The summed E-state index contributed by atoms with van der Waals surface area (Å²) in [7, 11) is 1.37. The van der Waals surface area contributed by atoms with Crippen LogP contribution in [0.3, 0.4) is 0 Å². The van der Waals surface area contributed by atoms with Gasteiger partial charge in [0.05, 0.1) is 19.3 Å². The summed E-state index contributed by atoms with van der Waals surface area (Å²) in [4.78, 5) is 11.3. The molecule has 0 radical (unpaired) electrons.